The fraction of sp³-hybridized carbons (Fsp3) is 0.379. The predicted octanol–water partition coefficient (Wildman–Crippen LogP) is 4.48. The lowest BCUT2D eigenvalue weighted by atomic mass is 10.0. The number of benzene rings is 2. The average molecular weight is 489 g/mol. The molecule has 7 nitrogen and oxygen atoms in total. The summed E-state index contributed by atoms with van der Waals surface area (Å²) in [6.45, 7) is 7.12. The summed E-state index contributed by atoms with van der Waals surface area (Å²) in [4.78, 5) is 31.9. The third kappa shape index (κ3) is 5.86. The number of amides is 2. The van der Waals surface area contributed by atoms with Crippen LogP contribution in [0.25, 0.3) is 17.0 Å². The molecule has 0 bridgehead atoms. The van der Waals surface area contributed by atoms with Crippen LogP contribution in [0, 0.1) is 0 Å². The van der Waals surface area contributed by atoms with Gasteiger partial charge >= 0.3 is 0 Å². The maximum Gasteiger partial charge on any atom is 0.267 e. The molecular weight excluding hydrogens is 452 g/mol. The molecule has 0 radical (unpaired) electrons. The first kappa shape index (κ1) is 25.7. The van der Waals surface area contributed by atoms with Crippen LogP contribution in [0.4, 0.5) is 0 Å². The van der Waals surface area contributed by atoms with Gasteiger partial charge in [-0.1, -0.05) is 36.4 Å². The number of aromatic amines is 1. The number of rotatable bonds is 11. The molecule has 1 atom stereocenters. The average Bonchev–Trinajstić information content (AvgIpc) is 3.52. The van der Waals surface area contributed by atoms with Crippen LogP contribution in [0.15, 0.2) is 54.7 Å². The molecule has 36 heavy (non-hydrogen) atoms. The molecule has 190 valence electrons. The molecule has 3 N–H and O–H groups in total. The van der Waals surface area contributed by atoms with E-state index in [1.54, 1.807) is 11.6 Å². The second kappa shape index (κ2) is 12.0. The largest absolute Gasteiger partial charge is 0.361 e. The Kier molecular flexibility index (Phi) is 8.57. The van der Waals surface area contributed by atoms with Crippen LogP contribution in [-0.4, -0.2) is 58.0 Å². The SMILES string of the molecule is CCN(CC)C(=O)CCN(CCc1c[nH]c2ccccc12)C1CCc2cc(C=CC(=O)NO)ccc21. The molecule has 2 amide bonds. The van der Waals surface area contributed by atoms with Crippen molar-refractivity contribution in [3.8, 4) is 0 Å². The highest BCUT2D eigenvalue weighted by Gasteiger charge is 2.28. The normalized spacial score (nSPS) is 15.1. The topological polar surface area (TPSA) is 88.7 Å². The summed E-state index contributed by atoms with van der Waals surface area (Å²) >= 11 is 0. The van der Waals surface area contributed by atoms with Gasteiger partial charge in [0, 0.05) is 61.8 Å². The number of aromatic nitrogens is 1. The van der Waals surface area contributed by atoms with Gasteiger partial charge in [0.1, 0.15) is 0 Å². The Labute approximate surface area is 212 Å². The summed E-state index contributed by atoms with van der Waals surface area (Å²) in [6.07, 6.45) is 8.52. The minimum absolute atomic E-state index is 0.206. The summed E-state index contributed by atoms with van der Waals surface area (Å²) in [5.74, 6) is -0.340. The Morgan fingerprint density at radius 2 is 1.94 bits per heavy atom. The van der Waals surface area contributed by atoms with Crippen molar-refractivity contribution in [1.29, 1.82) is 0 Å². The van der Waals surface area contributed by atoms with Crippen LogP contribution in [0.5, 0.6) is 0 Å². The number of carbonyl (C=O) groups excluding carboxylic acids is 2. The lowest BCUT2D eigenvalue weighted by Gasteiger charge is -2.30. The van der Waals surface area contributed by atoms with Crippen molar-refractivity contribution in [2.45, 2.75) is 45.6 Å². The van der Waals surface area contributed by atoms with E-state index >= 15 is 0 Å². The van der Waals surface area contributed by atoms with E-state index in [1.165, 1.54) is 28.2 Å². The zero-order chi connectivity index (χ0) is 25.5. The summed E-state index contributed by atoms with van der Waals surface area (Å²) in [7, 11) is 0. The van der Waals surface area contributed by atoms with Gasteiger partial charge in [-0.25, -0.2) is 5.48 Å². The highest BCUT2D eigenvalue weighted by Crippen LogP contribution is 2.37. The monoisotopic (exact) mass is 488 g/mol. The fourth-order valence-corrected chi connectivity index (χ4v) is 5.31. The summed E-state index contributed by atoms with van der Waals surface area (Å²) in [5.41, 5.74) is 7.57. The van der Waals surface area contributed by atoms with Gasteiger partial charge in [0.05, 0.1) is 0 Å². The molecule has 1 aliphatic carbocycles. The number of hydrogen-bond donors (Lipinski definition) is 3. The van der Waals surface area contributed by atoms with Crippen molar-refractivity contribution in [3.63, 3.8) is 0 Å². The van der Waals surface area contributed by atoms with Gasteiger partial charge in [0.25, 0.3) is 5.91 Å². The minimum Gasteiger partial charge on any atom is -0.361 e. The van der Waals surface area contributed by atoms with E-state index in [-0.39, 0.29) is 11.9 Å². The van der Waals surface area contributed by atoms with Crippen molar-refractivity contribution in [3.05, 3.63) is 77.0 Å². The quantitative estimate of drug-likeness (QED) is 0.211. The maximum absolute atomic E-state index is 12.8. The Hall–Kier alpha value is -3.42. The molecule has 0 fully saturated rings. The van der Waals surface area contributed by atoms with Gasteiger partial charge in [-0.05, 0) is 67.5 Å². The molecule has 7 heteroatoms. The van der Waals surface area contributed by atoms with E-state index in [2.05, 4.69) is 46.4 Å². The Bertz CT molecular complexity index is 1230. The highest BCUT2D eigenvalue weighted by atomic mass is 16.5. The van der Waals surface area contributed by atoms with Crippen LogP contribution in [0.2, 0.25) is 0 Å². The number of hydroxylamine groups is 1. The molecule has 0 aliphatic heterocycles. The van der Waals surface area contributed by atoms with Crippen LogP contribution >= 0.6 is 0 Å². The minimum atomic E-state index is -0.547. The lowest BCUT2D eigenvalue weighted by Crippen LogP contribution is -2.36. The lowest BCUT2D eigenvalue weighted by molar-refractivity contribution is -0.131. The molecule has 2 aromatic carbocycles. The smallest absolute Gasteiger partial charge is 0.267 e. The first-order valence-corrected chi connectivity index (χ1v) is 12.9. The molecule has 1 unspecified atom stereocenters. The van der Waals surface area contributed by atoms with Crippen LogP contribution in [0.3, 0.4) is 0 Å². The third-order valence-corrected chi connectivity index (χ3v) is 7.26. The molecule has 0 saturated heterocycles. The van der Waals surface area contributed by atoms with Gasteiger partial charge < -0.3 is 9.88 Å². The summed E-state index contributed by atoms with van der Waals surface area (Å²) < 4.78 is 0. The second-order valence-electron chi connectivity index (χ2n) is 9.28. The summed E-state index contributed by atoms with van der Waals surface area (Å²) in [6, 6.07) is 14.9. The highest BCUT2D eigenvalue weighted by molar-refractivity contribution is 5.90. The number of nitrogens with zero attached hydrogens (tertiary/aromatic N) is 2. The number of hydrogen-bond acceptors (Lipinski definition) is 4. The number of fused-ring (bicyclic) bond motifs is 2. The van der Waals surface area contributed by atoms with Crippen LogP contribution < -0.4 is 5.48 Å². The molecule has 0 saturated carbocycles. The standard InChI is InChI=1S/C29H36N4O3/c1-3-32(4-2)29(35)16-18-33(17-15-23-20-30-26-8-6-5-7-24(23)26)27-13-11-22-19-21(9-12-25(22)27)10-14-28(34)31-36/h5-10,12,14,19-20,27,30,36H,3-4,11,13,15-18H2,1-2H3,(H,31,34). The van der Waals surface area contributed by atoms with Crippen molar-refractivity contribution in [2.24, 2.45) is 0 Å². The zero-order valence-electron chi connectivity index (χ0n) is 21.2. The van der Waals surface area contributed by atoms with Crippen LogP contribution in [0.1, 0.15) is 55.0 Å². The second-order valence-corrected chi connectivity index (χ2v) is 9.28. The van der Waals surface area contributed by atoms with Crippen molar-refractivity contribution < 1.29 is 14.8 Å². The molecule has 3 aromatic rings. The third-order valence-electron chi connectivity index (χ3n) is 7.26. The summed E-state index contributed by atoms with van der Waals surface area (Å²) in [5, 5.41) is 9.97. The number of nitrogens with one attached hydrogen (secondary N) is 2. The van der Waals surface area contributed by atoms with E-state index in [0.29, 0.717) is 6.42 Å². The molecule has 1 heterocycles. The van der Waals surface area contributed by atoms with E-state index in [0.717, 1.165) is 56.5 Å². The number of carbonyl (C=O) groups is 2. The van der Waals surface area contributed by atoms with Crippen molar-refractivity contribution in [1.82, 2.24) is 20.3 Å². The number of para-hydroxylation sites is 1. The zero-order valence-corrected chi connectivity index (χ0v) is 21.2. The Balaban J connectivity index is 1.53. The van der Waals surface area contributed by atoms with E-state index in [1.807, 2.05) is 30.9 Å². The molecular formula is C29H36N4O3. The van der Waals surface area contributed by atoms with Gasteiger partial charge in [-0.2, -0.15) is 0 Å². The van der Waals surface area contributed by atoms with Gasteiger partial charge in [-0.3, -0.25) is 19.7 Å². The molecule has 4 rings (SSSR count). The van der Waals surface area contributed by atoms with E-state index in [4.69, 9.17) is 5.21 Å². The Morgan fingerprint density at radius 1 is 1.14 bits per heavy atom. The first-order chi connectivity index (χ1) is 17.5. The van der Waals surface area contributed by atoms with Crippen molar-refractivity contribution >= 4 is 28.8 Å². The maximum atomic E-state index is 12.8. The fourth-order valence-electron chi connectivity index (χ4n) is 5.31. The van der Waals surface area contributed by atoms with Crippen molar-refractivity contribution in [2.75, 3.05) is 26.2 Å². The van der Waals surface area contributed by atoms with Crippen LogP contribution in [-0.2, 0) is 22.4 Å². The van der Waals surface area contributed by atoms with Gasteiger partial charge in [0.15, 0.2) is 0 Å². The molecule has 1 aromatic heterocycles. The van der Waals surface area contributed by atoms with E-state index < -0.39 is 5.91 Å². The molecule has 0 spiro atoms. The van der Waals surface area contributed by atoms with Gasteiger partial charge in [0.2, 0.25) is 5.91 Å². The first-order valence-electron chi connectivity index (χ1n) is 12.9. The van der Waals surface area contributed by atoms with E-state index in [9.17, 15) is 9.59 Å². The predicted molar refractivity (Wildman–Crippen MR) is 143 cm³/mol. The number of H-pyrrole nitrogens is 1. The number of aryl methyl sites for hydroxylation is 1. The van der Waals surface area contributed by atoms with Gasteiger partial charge in [-0.15, -0.1) is 0 Å². The Morgan fingerprint density at radius 3 is 2.72 bits per heavy atom. The molecule has 1 aliphatic rings.